The lowest BCUT2D eigenvalue weighted by atomic mass is 10.3. The molecule has 1 aliphatic carbocycles. The van der Waals surface area contributed by atoms with Gasteiger partial charge in [0.2, 0.25) is 5.91 Å². The molecule has 5 nitrogen and oxygen atoms in total. The zero-order chi connectivity index (χ0) is 16.4. The van der Waals surface area contributed by atoms with Crippen molar-refractivity contribution in [3.63, 3.8) is 0 Å². The maximum absolute atomic E-state index is 12.3. The Hall–Kier alpha value is -1.60. The molecule has 0 saturated heterocycles. The number of H-pyrrole nitrogens is 1. The highest BCUT2D eigenvalue weighted by molar-refractivity contribution is 9.10. The van der Waals surface area contributed by atoms with Crippen molar-refractivity contribution in [2.75, 3.05) is 5.32 Å². The lowest BCUT2D eigenvalue weighted by Gasteiger charge is -2.12. The second kappa shape index (κ2) is 6.88. The van der Waals surface area contributed by atoms with E-state index in [9.17, 15) is 9.59 Å². The Labute approximate surface area is 146 Å². The van der Waals surface area contributed by atoms with Crippen LogP contribution in [0, 0.1) is 0 Å². The van der Waals surface area contributed by atoms with E-state index in [4.69, 9.17) is 0 Å². The van der Waals surface area contributed by atoms with E-state index in [1.807, 2.05) is 24.3 Å². The predicted octanol–water partition coefficient (Wildman–Crippen LogP) is 3.14. The number of amides is 1. The summed E-state index contributed by atoms with van der Waals surface area (Å²) in [5.41, 5.74) is 2.32. The van der Waals surface area contributed by atoms with Crippen molar-refractivity contribution in [1.29, 1.82) is 0 Å². The molecule has 0 spiro atoms. The minimum atomic E-state index is -0.364. The van der Waals surface area contributed by atoms with E-state index < -0.39 is 0 Å². The topological polar surface area (TPSA) is 74.8 Å². The van der Waals surface area contributed by atoms with Gasteiger partial charge in [-0.2, -0.15) is 0 Å². The molecule has 2 N–H and O–H groups in total. The van der Waals surface area contributed by atoms with Crippen LogP contribution in [0.2, 0.25) is 0 Å². The summed E-state index contributed by atoms with van der Waals surface area (Å²) in [5.74, 6) is -0.128. The number of thioether (sulfide) groups is 1. The third kappa shape index (κ3) is 3.84. The second-order valence-electron chi connectivity index (χ2n) is 5.41. The molecular formula is C16H16BrN3O2S. The number of aromatic nitrogens is 2. The summed E-state index contributed by atoms with van der Waals surface area (Å²) in [5, 5.41) is 3.00. The van der Waals surface area contributed by atoms with E-state index in [1.54, 1.807) is 6.92 Å². The highest BCUT2D eigenvalue weighted by Gasteiger charge is 2.20. The van der Waals surface area contributed by atoms with Gasteiger partial charge in [0.1, 0.15) is 0 Å². The van der Waals surface area contributed by atoms with Gasteiger partial charge in [-0.1, -0.05) is 33.8 Å². The molecule has 1 amide bonds. The maximum atomic E-state index is 12.3. The first-order valence-corrected chi connectivity index (χ1v) is 9.05. The predicted molar refractivity (Wildman–Crippen MR) is 95.0 cm³/mol. The molecular weight excluding hydrogens is 378 g/mol. The number of carbonyl (C=O) groups is 1. The molecule has 1 unspecified atom stereocenters. The van der Waals surface area contributed by atoms with E-state index in [0.717, 1.165) is 40.7 Å². The first-order valence-electron chi connectivity index (χ1n) is 7.38. The van der Waals surface area contributed by atoms with Gasteiger partial charge in [0, 0.05) is 15.7 Å². The Kier molecular flexibility index (Phi) is 4.87. The second-order valence-corrected chi connectivity index (χ2v) is 7.65. The molecule has 1 aromatic heterocycles. The fraction of sp³-hybridized carbons (Fsp3) is 0.312. The fourth-order valence-electron chi connectivity index (χ4n) is 2.51. The van der Waals surface area contributed by atoms with E-state index in [1.165, 1.54) is 11.8 Å². The normalized spacial score (nSPS) is 14.3. The standard InChI is InChI=1S/C16H16BrN3O2S/c1-9(14(21)18-11-5-2-4-10(17)8-11)23-16-19-13-7-3-6-12(13)15(22)20-16/h2,4-5,8-9H,3,6-7H2,1H3,(H,18,21)(H,19,20,22). The number of nitrogens with zero attached hydrogens (tertiary/aromatic N) is 1. The van der Waals surface area contributed by atoms with Crippen LogP contribution in [0.4, 0.5) is 5.69 Å². The van der Waals surface area contributed by atoms with Crippen LogP contribution in [0.3, 0.4) is 0 Å². The molecule has 0 saturated carbocycles. The Morgan fingerprint density at radius 3 is 3.04 bits per heavy atom. The number of fused-ring (bicyclic) bond motifs is 1. The van der Waals surface area contributed by atoms with Gasteiger partial charge in [-0.15, -0.1) is 0 Å². The highest BCUT2D eigenvalue weighted by Crippen LogP contribution is 2.24. The molecule has 23 heavy (non-hydrogen) atoms. The Morgan fingerprint density at radius 2 is 2.26 bits per heavy atom. The van der Waals surface area contributed by atoms with Crippen LogP contribution >= 0.6 is 27.7 Å². The van der Waals surface area contributed by atoms with Gasteiger partial charge in [0.05, 0.1) is 10.9 Å². The van der Waals surface area contributed by atoms with Crippen molar-refractivity contribution >= 4 is 39.3 Å². The van der Waals surface area contributed by atoms with E-state index in [0.29, 0.717) is 5.16 Å². The van der Waals surface area contributed by atoms with Crippen LogP contribution < -0.4 is 10.9 Å². The van der Waals surface area contributed by atoms with Crippen molar-refractivity contribution in [3.8, 4) is 0 Å². The van der Waals surface area contributed by atoms with E-state index in [2.05, 4.69) is 31.2 Å². The van der Waals surface area contributed by atoms with Crippen molar-refractivity contribution < 1.29 is 4.79 Å². The van der Waals surface area contributed by atoms with E-state index in [-0.39, 0.29) is 16.7 Å². The van der Waals surface area contributed by atoms with Crippen LogP contribution in [-0.2, 0) is 17.6 Å². The van der Waals surface area contributed by atoms with Gasteiger partial charge in [-0.3, -0.25) is 9.59 Å². The van der Waals surface area contributed by atoms with Gasteiger partial charge in [0.15, 0.2) is 5.16 Å². The van der Waals surface area contributed by atoms with Crippen LogP contribution in [-0.4, -0.2) is 21.1 Å². The van der Waals surface area contributed by atoms with Gasteiger partial charge in [-0.25, -0.2) is 4.98 Å². The fourth-order valence-corrected chi connectivity index (χ4v) is 3.72. The number of rotatable bonds is 4. The van der Waals surface area contributed by atoms with Crippen LogP contribution in [0.25, 0.3) is 0 Å². The zero-order valence-corrected chi connectivity index (χ0v) is 15.0. The average Bonchev–Trinajstić information content (AvgIpc) is 2.96. The molecule has 1 atom stereocenters. The first-order chi connectivity index (χ1) is 11.0. The summed E-state index contributed by atoms with van der Waals surface area (Å²) in [6, 6.07) is 7.42. The molecule has 1 aliphatic rings. The number of anilines is 1. The quantitative estimate of drug-likeness (QED) is 0.617. The molecule has 0 bridgehead atoms. The summed E-state index contributed by atoms with van der Waals surface area (Å²) >= 11 is 4.64. The maximum Gasteiger partial charge on any atom is 0.254 e. The molecule has 2 aromatic rings. The number of aryl methyl sites for hydroxylation is 1. The number of nitrogens with one attached hydrogen (secondary N) is 2. The molecule has 3 rings (SSSR count). The summed E-state index contributed by atoms with van der Waals surface area (Å²) in [6.07, 6.45) is 2.60. The first kappa shape index (κ1) is 16.3. The number of hydrogen-bond donors (Lipinski definition) is 2. The van der Waals surface area contributed by atoms with Crippen molar-refractivity contribution in [2.45, 2.75) is 36.6 Å². The third-order valence-electron chi connectivity index (χ3n) is 3.67. The molecule has 0 radical (unpaired) electrons. The summed E-state index contributed by atoms with van der Waals surface area (Å²) in [6.45, 7) is 1.80. The third-order valence-corrected chi connectivity index (χ3v) is 5.15. The van der Waals surface area contributed by atoms with Crippen molar-refractivity contribution in [1.82, 2.24) is 9.97 Å². The monoisotopic (exact) mass is 393 g/mol. The largest absolute Gasteiger partial charge is 0.325 e. The highest BCUT2D eigenvalue weighted by atomic mass is 79.9. The lowest BCUT2D eigenvalue weighted by Crippen LogP contribution is -2.23. The number of halogens is 1. The summed E-state index contributed by atoms with van der Waals surface area (Å²) < 4.78 is 0.903. The van der Waals surface area contributed by atoms with Gasteiger partial charge in [0.25, 0.3) is 5.56 Å². The Bertz CT molecular complexity index is 806. The smallest absolute Gasteiger partial charge is 0.254 e. The molecule has 120 valence electrons. The van der Waals surface area contributed by atoms with Crippen LogP contribution in [0.5, 0.6) is 0 Å². The van der Waals surface area contributed by atoms with E-state index >= 15 is 0 Å². The van der Waals surface area contributed by atoms with Crippen LogP contribution in [0.15, 0.2) is 38.7 Å². The Balaban J connectivity index is 1.69. The SMILES string of the molecule is CC(Sc1nc2c(c(=O)[nH]1)CCC2)C(=O)Nc1cccc(Br)c1. The summed E-state index contributed by atoms with van der Waals surface area (Å²) in [7, 11) is 0. The zero-order valence-electron chi connectivity index (χ0n) is 12.6. The van der Waals surface area contributed by atoms with Crippen molar-refractivity contribution in [3.05, 3.63) is 50.3 Å². The molecule has 1 aromatic carbocycles. The molecule has 1 heterocycles. The number of carbonyl (C=O) groups excluding carboxylic acids is 1. The van der Waals surface area contributed by atoms with Gasteiger partial charge < -0.3 is 10.3 Å². The van der Waals surface area contributed by atoms with Crippen LogP contribution in [0.1, 0.15) is 24.6 Å². The van der Waals surface area contributed by atoms with Gasteiger partial charge in [-0.05, 0) is 44.4 Å². The minimum absolute atomic E-state index is 0.0744. The van der Waals surface area contributed by atoms with Crippen molar-refractivity contribution in [2.24, 2.45) is 0 Å². The van der Waals surface area contributed by atoms with Gasteiger partial charge >= 0.3 is 0 Å². The summed E-state index contributed by atoms with van der Waals surface area (Å²) in [4.78, 5) is 31.5. The Morgan fingerprint density at radius 1 is 1.43 bits per heavy atom. The molecule has 0 aliphatic heterocycles. The number of benzene rings is 1. The lowest BCUT2D eigenvalue weighted by molar-refractivity contribution is -0.115. The molecule has 7 heteroatoms. The molecule has 0 fully saturated rings. The number of hydrogen-bond acceptors (Lipinski definition) is 4. The average molecular weight is 394 g/mol. The minimum Gasteiger partial charge on any atom is -0.325 e. The number of aromatic amines is 1.